The third-order valence-corrected chi connectivity index (χ3v) is 3.54. The number of nitrogens with zero attached hydrogens (tertiary/aromatic N) is 1. The number of nitrogens with one attached hydrogen (secondary N) is 1. The number of carbonyl (C=O) groups is 1. The van der Waals surface area contributed by atoms with Crippen LogP contribution in [0.1, 0.15) is 19.3 Å². The van der Waals surface area contributed by atoms with Gasteiger partial charge in [0.2, 0.25) is 5.91 Å². The molecule has 0 aromatic heterocycles. The normalized spacial score (nSPS) is 31.7. The average Bonchev–Trinajstić information content (AvgIpc) is 2.83. The molecule has 1 aliphatic heterocycles. The molecule has 1 aliphatic carbocycles. The fourth-order valence-electron chi connectivity index (χ4n) is 2.49. The lowest BCUT2D eigenvalue weighted by Crippen LogP contribution is -2.41. The van der Waals surface area contributed by atoms with Gasteiger partial charge in [-0.2, -0.15) is 0 Å². The summed E-state index contributed by atoms with van der Waals surface area (Å²) in [6.45, 7) is 2.16. The Hall–Kier alpha value is -0.610. The van der Waals surface area contributed by atoms with Crippen LogP contribution in [0.15, 0.2) is 0 Å². The largest absolute Gasteiger partial charge is 0.306 e. The van der Waals surface area contributed by atoms with E-state index in [0.717, 1.165) is 32.4 Å². The number of nitrogens with two attached hydrogens (primary N) is 1. The first-order valence-corrected chi connectivity index (χ1v) is 4.88. The number of amides is 1. The molecule has 4 heteroatoms. The van der Waals surface area contributed by atoms with Crippen molar-refractivity contribution in [2.24, 2.45) is 17.2 Å². The summed E-state index contributed by atoms with van der Waals surface area (Å²) >= 11 is 0. The van der Waals surface area contributed by atoms with Crippen LogP contribution in [-0.4, -0.2) is 30.9 Å². The van der Waals surface area contributed by atoms with Gasteiger partial charge in [-0.05, 0) is 38.8 Å². The summed E-state index contributed by atoms with van der Waals surface area (Å²) in [5.74, 6) is 5.76. The molecule has 1 atom stereocenters. The monoisotopic (exact) mass is 183 g/mol. The molecular formula is C9H17N3O. The number of likely N-dealkylation sites (tertiary alicyclic amines) is 1. The summed E-state index contributed by atoms with van der Waals surface area (Å²) in [5, 5.41) is 0. The van der Waals surface area contributed by atoms with Gasteiger partial charge in [0.05, 0.1) is 5.41 Å². The van der Waals surface area contributed by atoms with Gasteiger partial charge in [0.25, 0.3) is 0 Å². The predicted molar refractivity (Wildman–Crippen MR) is 49.6 cm³/mol. The fraction of sp³-hybridized carbons (Fsp3) is 0.889. The molecule has 0 aromatic rings. The second-order valence-electron chi connectivity index (χ2n) is 4.38. The molecule has 1 unspecified atom stereocenters. The molecule has 3 N–H and O–H groups in total. The summed E-state index contributed by atoms with van der Waals surface area (Å²) < 4.78 is 0. The average molecular weight is 183 g/mol. The second kappa shape index (κ2) is 2.96. The number of hydrazine groups is 1. The third kappa shape index (κ3) is 1.34. The summed E-state index contributed by atoms with van der Waals surface area (Å²) in [4.78, 5) is 13.8. The highest BCUT2D eigenvalue weighted by atomic mass is 16.2. The number of hydrogen-bond donors (Lipinski definition) is 2. The van der Waals surface area contributed by atoms with Gasteiger partial charge in [-0.25, -0.2) is 5.84 Å². The maximum Gasteiger partial charge on any atom is 0.240 e. The first kappa shape index (κ1) is 8.97. The van der Waals surface area contributed by atoms with Gasteiger partial charge in [0, 0.05) is 6.54 Å². The summed E-state index contributed by atoms with van der Waals surface area (Å²) in [5.41, 5.74) is 2.20. The van der Waals surface area contributed by atoms with E-state index in [2.05, 4.69) is 17.4 Å². The Bertz CT molecular complexity index is 225. The molecule has 2 rings (SSSR count). The van der Waals surface area contributed by atoms with Crippen LogP contribution in [0.2, 0.25) is 0 Å². The van der Waals surface area contributed by atoms with E-state index in [4.69, 9.17) is 5.84 Å². The van der Waals surface area contributed by atoms with Crippen molar-refractivity contribution in [3.8, 4) is 0 Å². The third-order valence-electron chi connectivity index (χ3n) is 3.54. The molecule has 1 heterocycles. The summed E-state index contributed by atoms with van der Waals surface area (Å²) in [6.07, 6.45) is 3.19. The van der Waals surface area contributed by atoms with Gasteiger partial charge in [0.15, 0.2) is 0 Å². The first-order chi connectivity index (χ1) is 6.19. The van der Waals surface area contributed by atoms with Crippen molar-refractivity contribution in [2.75, 3.05) is 20.1 Å². The predicted octanol–water partition coefficient (Wildman–Crippen LogP) is -0.292. The molecule has 0 radical (unpaired) electrons. The van der Waals surface area contributed by atoms with Crippen LogP contribution in [0.4, 0.5) is 0 Å². The zero-order valence-corrected chi connectivity index (χ0v) is 8.05. The van der Waals surface area contributed by atoms with Gasteiger partial charge < -0.3 is 4.90 Å². The highest BCUT2D eigenvalue weighted by molar-refractivity contribution is 5.85. The zero-order valence-electron chi connectivity index (χ0n) is 8.05. The Morgan fingerprint density at radius 1 is 1.62 bits per heavy atom. The molecule has 0 spiro atoms. The topological polar surface area (TPSA) is 58.4 Å². The molecule has 2 fully saturated rings. The Morgan fingerprint density at radius 3 is 2.69 bits per heavy atom. The molecule has 1 saturated heterocycles. The van der Waals surface area contributed by atoms with Crippen molar-refractivity contribution in [3.05, 3.63) is 0 Å². The minimum atomic E-state index is -0.0977. The van der Waals surface area contributed by atoms with Crippen LogP contribution >= 0.6 is 0 Å². The van der Waals surface area contributed by atoms with E-state index >= 15 is 0 Å². The lowest BCUT2D eigenvalue weighted by atomic mass is 9.87. The van der Waals surface area contributed by atoms with Crippen LogP contribution in [0.5, 0.6) is 0 Å². The van der Waals surface area contributed by atoms with Crippen LogP contribution in [0, 0.1) is 11.3 Å². The summed E-state index contributed by atoms with van der Waals surface area (Å²) in [6, 6.07) is 0. The molecule has 2 aliphatic rings. The van der Waals surface area contributed by atoms with Crippen molar-refractivity contribution in [1.29, 1.82) is 0 Å². The first-order valence-electron chi connectivity index (χ1n) is 4.88. The summed E-state index contributed by atoms with van der Waals surface area (Å²) in [7, 11) is 2.11. The molecule has 0 bridgehead atoms. The Kier molecular flexibility index (Phi) is 2.04. The maximum absolute atomic E-state index is 11.5. The van der Waals surface area contributed by atoms with Crippen molar-refractivity contribution < 1.29 is 4.79 Å². The standard InChI is InChI=1S/C9H17N3O/c1-12-5-2-7(6-12)9(3-4-9)8(13)11-10/h7H,2-6,10H2,1H3,(H,11,13). The molecular weight excluding hydrogens is 166 g/mol. The quantitative estimate of drug-likeness (QED) is 0.351. The lowest BCUT2D eigenvalue weighted by molar-refractivity contribution is -0.128. The SMILES string of the molecule is CN1CCC(C2(C(=O)NN)CC2)C1. The highest BCUT2D eigenvalue weighted by Crippen LogP contribution is 2.54. The Balaban J connectivity index is 2.03. The van der Waals surface area contributed by atoms with Gasteiger partial charge >= 0.3 is 0 Å². The van der Waals surface area contributed by atoms with E-state index < -0.39 is 0 Å². The van der Waals surface area contributed by atoms with Crippen LogP contribution < -0.4 is 11.3 Å². The number of carbonyl (C=O) groups excluding carboxylic acids is 1. The van der Waals surface area contributed by atoms with Crippen molar-refractivity contribution >= 4 is 5.91 Å². The van der Waals surface area contributed by atoms with Crippen LogP contribution in [0.3, 0.4) is 0 Å². The van der Waals surface area contributed by atoms with Crippen molar-refractivity contribution in [2.45, 2.75) is 19.3 Å². The van der Waals surface area contributed by atoms with E-state index in [-0.39, 0.29) is 11.3 Å². The molecule has 4 nitrogen and oxygen atoms in total. The van der Waals surface area contributed by atoms with Gasteiger partial charge in [-0.15, -0.1) is 0 Å². The van der Waals surface area contributed by atoms with Crippen LogP contribution in [0.25, 0.3) is 0 Å². The van der Waals surface area contributed by atoms with Gasteiger partial charge in [-0.3, -0.25) is 10.2 Å². The van der Waals surface area contributed by atoms with Crippen LogP contribution in [-0.2, 0) is 4.79 Å². The number of rotatable bonds is 2. The minimum Gasteiger partial charge on any atom is -0.306 e. The minimum absolute atomic E-state index is 0.0489. The van der Waals surface area contributed by atoms with Gasteiger partial charge in [-0.1, -0.05) is 0 Å². The molecule has 1 amide bonds. The molecule has 1 saturated carbocycles. The smallest absolute Gasteiger partial charge is 0.240 e. The molecule has 13 heavy (non-hydrogen) atoms. The van der Waals surface area contributed by atoms with E-state index in [1.165, 1.54) is 0 Å². The van der Waals surface area contributed by atoms with Crippen molar-refractivity contribution in [1.82, 2.24) is 10.3 Å². The Labute approximate surface area is 78.4 Å². The molecule has 0 aromatic carbocycles. The Morgan fingerprint density at radius 2 is 2.31 bits per heavy atom. The highest BCUT2D eigenvalue weighted by Gasteiger charge is 2.56. The lowest BCUT2D eigenvalue weighted by Gasteiger charge is -2.20. The van der Waals surface area contributed by atoms with E-state index in [0.29, 0.717) is 5.92 Å². The van der Waals surface area contributed by atoms with Gasteiger partial charge in [0.1, 0.15) is 0 Å². The van der Waals surface area contributed by atoms with E-state index in [1.807, 2.05) is 0 Å². The fourth-order valence-corrected chi connectivity index (χ4v) is 2.49. The second-order valence-corrected chi connectivity index (χ2v) is 4.38. The van der Waals surface area contributed by atoms with E-state index in [9.17, 15) is 4.79 Å². The molecule has 74 valence electrons. The van der Waals surface area contributed by atoms with Crippen molar-refractivity contribution in [3.63, 3.8) is 0 Å². The maximum atomic E-state index is 11.5. The number of hydrogen-bond acceptors (Lipinski definition) is 3. The zero-order chi connectivity index (χ0) is 9.47. The van der Waals surface area contributed by atoms with E-state index in [1.54, 1.807) is 0 Å².